The van der Waals surface area contributed by atoms with Gasteiger partial charge in [-0.05, 0) is 67.9 Å². The quantitative estimate of drug-likeness (QED) is 0.439. The van der Waals surface area contributed by atoms with Crippen LogP contribution in [0.25, 0.3) is 0 Å². The standard InChI is InChI=1S/C25H28O3/c1-5-25(24(26)27-4)16-15-22(18(2)3)23(17-25)19-11-13-21(14-12-19)28-20-9-7-6-8-10-20/h5-14,22-23H,1-2,15-17H2,3-4H3/t22-,23-,25-/m0/s1. The summed E-state index contributed by atoms with van der Waals surface area (Å²) in [7, 11) is 1.45. The maximum absolute atomic E-state index is 12.5. The maximum atomic E-state index is 12.5. The van der Waals surface area contributed by atoms with E-state index in [0.29, 0.717) is 12.3 Å². The predicted molar refractivity (Wildman–Crippen MR) is 113 cm³/mol. The van der Waals surface area contributed by atoms with E-state index in [2.05, 4.69) is 32.2 Å². The zero-order valence-electron chi connectivity index (χ0n) is 16.7. The van der Waals surface area contributed by atoms with Crippen LogP contribution < -0.4 is 4.74 Å². The molecule has 2 aromatic carbocycles. The Labute approximate surface area is 167 Å². The van der Waals surface area contributed by atoms with Gasteiger partial charge in [-0.3, -0.25) is 4.79 Å². The van der Waals surface area contributed by atoms with Gasteiger partial charge in [0.15, 0.2) is 0 Å². The number of para-hydroxylation sites is 1. The van der Waals surface area contributed by atoms with E-state index < -0.39 is 5.41 Å². The summed E-state index contributed by atoms with van der Waals surface area (Å²) in [5, 5.41) is 0. The van der Waals surface area contributed by atoms with E-state index in [-0.39, 0.29) is 11.9 Å². The Morgan fingerprint density at radius 1 is 1.11 bits per heavy atom. The van der Waals surface area contributed by atoms with Crippen LogP contribution in [0, 0.1) is 11.3 Å². The minimum absolute atomic E-state index is 0.189. The molecule has 0 radical (unpaired) electrons. The van der Waals surface area contributed by atoms with Crippen LogP contribution in [0.5, 0.6) is 11.5 Å². The highest BCUT2D eigenvalue weighted by molar-refractivity contribution is 5.79. The molecule has 0 spiro atoms. The average molecular weight is 376 g/mol. The van der Waals surface area contributed by atoms with Gasteiger partial charge in [-0.15, -0.1) is 6.58 Å². The first-order valence-electron chi connectivity index (χ1n) is 9.69. The lowest BCUT2D eigenvalue weighted by atomic mass is 9.62. The topological polar surface area (TPSA) is 35.5 Å². The molecule has 3 atom stereocenters. The van der Waals surface area contributed by atoms with Crippen molar-refractivity contribution >= 4 is 5.97 Å². The molecule has 0 aromatic heterocycles. The molecule has 0 bridgehead atoms. The molecular formula is C25H28O3. The number of carbonyl (C=O) groups excluding carboxylic acids is 1. The molecule has 1 aliphatic carbocycles. The molecule has 3 nitrogen and oxygen atoms in total. The second-order valence-corrected chi connectivity index (χ2v) is 7.64. The highest BCUT2D eigenvalue weighted by Gasteiger charge is 2.45. The zero-order chi connectivity index (χ0) is 20.1. The first-order valence-corrected chi connectivity index (χ1v) is 9.69. The number of methoxy groups -OCH3 is 1. The minimum atomic E-state index is -0.634. The number of ether oxygens (including phenoxy) is 2. The normalized spacial score (nSPS) is 24.2. The Morgan fingerprint density at radius 2 is 1.75 bits per heavy atom. The fraction of sp³-hybridized carbons (Fsp3) is 0.320. The average Bonchev–Trinajstić information content (AvgIpc) is 2.73. The predicted octanol–water partition coefficient (Wildman–Crippen LogP) is 6.28. The van der Waals surface area contributed by atoms with Crippen molar-refractivity contribution in [2.24, 2.45) is 11.3 Å². The van der Waals surface area contributed by atoms with Crippen molar-refractivity contribution in [3.8, 4) is 11.5 Å². The molecule has 3 rings (SSSR count). The summed E-state index contributed by atoms with van der Waals surface area (Å²) in [6.07, 6.45) is 4.09. The summed E-state index contributed by atoms with van der Waals surface area (Å²) in [4.78, 5) is 12.5. The number of esters is 1. The monoisotopic (exact) mass is 376 g/mol. The van der Waals surface area contributed by atoms with Crippen molar-refractivity contribution in [3.05, 3.63) is 85.0 Å². The number of rotatable bonds is 6. The second-order valence-electron chi connectivity index (χ2n) is 7.64. The number of carbonyl (C=O) groups is 1. The molecular weight excluding hydrogens is 348 g/mol. The van der Waals surface area contributed by atoms with E-state index in [1.54, 1.807) is 6.08 Å². The lowest BCUT2D eigenvalue weighted by molar-refractivity contribution is -0.152. The molecule has 0 N–H and O–H groups in total. The molecule has 146 valence electrons. The lowest BCUT2D eigenvalue weighted by Gasteiger charge is -2.42. The molecule has 0 unspecified atom stereocenters. The summed E-state index contributed by atoms with van der Waals surface area (Å²) in [6.45, 7) is 10.2. The molecule has 0 amide bonds. The van der Waals surface area contributed by atoms with Gasteiger partial charge < -0.3 is 9.47 Å². The van der Waals surface area contributed by atoms with Gasteiger partial charge in [0.2, 0.25) is 0 Å². The number of hydrogen-bond acceptors (Lipinski definition) is 3. The minimum Gasteiger partial charge on any atom is -0.468 e. The van der Waals surface area contributed by atoms with Crippen molar-refractivity contribution in [2.75, 3.05) is 7.11 Å². The van der Waals surface area contributed by atoms with Crippen LogP contribution >= 0.6 is 0 Å². The van der Waals surface area contributed by atoms with Crippen molar-refractivity contribution in [3.63, 3.8) is 0 Å². The van der Waals surface area contributed by atoms with Crippen LogP contribution in [-0.2, 0) is 9.53 Å². The van der Waals surface area contributed by atoms with Gasteiger partial charge in [0.05, 0.1) is 12.5 Å². The number of allylic oxidation sites excluding steroid dienone is 1. The summed E-state index contributed by atoms with van der Waals surface area (Å²) in [5.74, 6) is 1.93. The highest BCUT2D eigenvalue weighted by Crippen LogP contribution is 2.50. The van der Waals surface area contributed by atoms with Crippen molar-refractivity contribution in [1.29, 1.82) is 0 Å². The number of hydrogen-bond donors (Lipinski definition) is 0. The third-order valence-electron chi connectivity index (χ3n) is 5.87. The Balaban J connectivity index is 1.86. The molecule has 1 fully saturated rings. The van der Waals surface area contributed by atoms with Gasteiger partial charge in [0, 0.05) is 0 Å². The molecule has 0 heterocycles. The van der Waals surface area contributed by atoms with Crippen molar-refractivity contribution < 1.29 is 14.3 Å². The van der Waals surface area contributed by atoms with Gasteiger partial charge in [0.25, 0.3) is 0 Å². The van der Waals surface area contributed by atoms with Gasteiger partial charge in [-0.2, -0.15) is 0 Å². The Bertz CT molecular complexity index is 838. The van der Waals surface area contributed by atoms with Gasteiger partial charge in [-0.25, -0.2) is 0 Å². The van der Waals surface area contributed by atoms with Crippen LogP contribution in [0.1, 0.15) is 37.7 Å². The molecule has 1 saturated carbocycles. The Kier molecular flexibility index (Phi) is 6.03. The van der Waals surface area contributed by atoms with E-state index >= 15 is 0 Å². The maximum Gasteiger partial charge on any atom is 0.315 e. The van der Waals surface area contributed by atoms with E-state index in [9.17, 15) is 4.79 Å². The first-order chi connectivity index (χ1) is 13.5. The van der Waals surface area contributed by atoms with E-state index in [1.165, 1.54) is 12.7 Å². The van der Waals surface area contributed by atoms with Crippen LogP contribution in [-0.4, -0.2) is 13.1 Å². The van der Waals surface area contributed by atoms with E-state index in [1.807, 2.05) is 42.5 Å². The molecule has 3 heteroatoms. The second kappa shape index (κ2) is 8.47. The van der Waals surface area contributed by atoms with Crippen LogP contribution in [0.4, 0.5) is 0 Å². The fourth-order valence-electron chi connectivity index (χ4n) is 4.26. The van der Waals surface area contributed by atoms with Crippen LogP contribution in [0.2, 0.25) is 0 Å². The smallest absolute Gasteiger partial charge is 0.315 e. The first kappa shape index (κ1) is 19.9. The molecule has 28 heavy (non-hydrogen) atoms. The summed E-state index contributed by atoms with van der Waals surface area (Å²) in [6, 6.07) is 17.9. The van der Waals surface area contributed by atoms with Gasteiger partial charge in [0.1, 0.15) is 11.5 Å². The Hall–Kier alpha value is -2.81. The largest absolute Gasteiger partial charge is 0.468 e. The molecule has 1 aliphatic rings. The molecule has 0 saturated heterocycles. The molecule has 0 aliphatic heterocycles. The van der Waals surface area contributed by atoms with Gasteiger partial charge >= 0.3 is 5.97 Å². The summed E-state index contributed by atoms with van der Waals surface area (Å²) >= 11 is 0. The van der Waals surface area contributed by atoms with E-state index in [0.717, 1.165) is 29.9 Å². The third-order valence-corrected chi connectivity index (χ3v) is 5.87. The highest BCUT2D eigenvalue weighted by atomic mass is 16.5. The SMILES string of the molecule is C=C[C@]1(C(=O)OC)CC[C@@H](C(=C)C)[C@H](c2ccc(Oc3ccccc3)cc2)C1. The third kappa shape index (κ3) is 4.04. The van der Waals surface area contributed by atoms with Crippen LogP contribution in [0.15, 0.2) is 79.4 Å². The summed E-state index contributed by atoms with van der Waals surface area (Å²) in [5.41, 5.74) is 1.70. The van der Waals surface area contributed by atoms with Crippen molar-refractivity contribution in [1.82, 2.24) is 0 Å². The summed E-state index contributed by atoms with van der Waals surface area (Å²) < 4.78 is 11.0. The number of benzene rings is 2. The molecule has 2 aromatic rings. The zero-order valence-corrected chi connectivity index (χ0v) is 16.7. The van der Waals surface area contributed by atoms with Gasteiger partial charge in [-0.1, -0.05) is 48.6 Å². The fourth-order valence-corrected chi connectivity index (χ4v) is 4.26. The van der Waals surface area contributed by atoms with Crippen LogP contribution in [0.3, 0.4) is 0 Å². The Morgan fingerprint density at radius 3 is 2.32 bits per heavy atom. The van der Waals surface area contributed by atoms with E-state index in [4.69, 9.17) is 9.47 Å². The van der Waals surface area contributed by atoms with Crippen molar-refractivity contribution in [2.45, 2.75) is 32.1 Å². The lowest BCUT2D eigenvalue weighted by Crippen LogP contribution is -2.38.